The second-order valence-corrected chi connectivity index (χ2v) is 2.58. The van der Waals surface area contributed by atoms with Crippen LogP contribution in [0.5, 0.6) is 0 Å². The molecule has 0 spiro atoms. The van der Waals surface area contributed by atoms with E-state index >= 15 is 0 Å². The molecule has 0 aromatic rings. The molecule has 0 heterocycles. The van der Waals surface area contributed by atoms with Gasteiger partial charge in [0.25, 0.3) is 6.47 Å². The quantitative estimate of drug-likeness (QED) is 0.456. The fourth-order valence-corrected chi connectivity index (χ4v) is 0.820. The zero-order valence-corrected chi connectivity index (χ0v) is 7.09. The minimum absolute atomic E-state index is 0.192. The van der Waals surface area contributed by atoms with Gasteiger partial charge in [0, 0.05) is 6.04 Å². The molecule has 0 rings (SSSR count). The molecule has 0 aliphatic heterocycles. The van der Waals surface area contributed by atoms with E-state index in [9.17, 15) is 4.79 Å². The first kappa shape index (κ1) is 10.2. The molecule has 0 bridgehead atoms. The maximum Gasteiger partial charge on any atom is 0.293 e. The molecule has 11 heavy (non-hydrogen) atoms. The van der Waals surface area contributed by atoms with Crippen molar-refractivity contribution in [1.82, 2.24) is 5.32 Å². The molecule has 0 aromatic heterocycles. The van der Waals surface area contributed by atoms with E-state index in [0.717, 1.165) is 12.0 Å². The highest BCUT2D eigenvalue weighted by molar-refractivity contribution is 5.36. The fraction of sp³-hybridized carbons (Fsp3) is 0.625. The van der Waals surface area contributed by atoms with Crippen molar-refractivity contribution < 1.29 is 9.53 Å². The van der Waals surface area contributed by atoms with Crippen LogP contribution in [0.15, 0.2) is 12.2 Å². The molecule has 0 fully saturated rings. The minimum Gasteiger partial charge on any atom is -0.466 e. The number of carbonyl (C=O) groups excluding carboxylic acids is 1. The van der Waals surface area contributed by atoms with E-state index in [0.29, 0.717) is 13.1 Å². The Balaban J connectivity index is 3.57. The van der Waals surface area contributed by atoms with Crippen LogP contribution in [0.25, 0.3) is 0 Å². The summed E-state index contributed by atoms with van der Waals surface area (Å²) in [6.07, 6.45) is 0.838. The highest BCUT2D eigenvalue weighted by Crippen LogP contribution is 2.00. The first-order valence-electron chi connectivity index (χ1n) is 3.57. The summed E-state index contributed by atoms with van der Waals surface area (Å²) in [5.41, 5.74) is 1.08. The van der Waals surface area contributed by atoms with Gasteiger partial charge in [-0.15, -0.1) is 6.58 Å². The van der Waals surface area contributed by atoms with Gasteiger partial charge < -0.3 is 10.1 Å². The molecule has 0 aliphatic rings. The van der Waals surface area contributed by atoms with E-state index in [4.69, 9.17) is 0 Å². The van der Waals surface area contributed by atoms with Crippen LogP contribution in [-0.2, 0) is 9.53 Å². The maximum absolute atomic E-state index is 9.84. The van der Waals surface area contributed by atoms with Crippen molar-refractivity contribution >= 4 is 6.47 Å². The van der Waals surface area contributed by atoms with Crippen LogP contribution in [0.1, 0.15) is 13.3 Å². The zero-order valence-electron chi connectivity index (χ0n) is 7.09. The first-order valence-corrected chi connectivity index (χ1v) is 3.57. The monoisotopic (exact) mass is 157 g/mol. The van der Waals surface area contributed by atoms with Crippen LogP contribution in [0, 0.1) is 0 Å². The van der Waals surface area contributed by atoms with Gasteiger partial charge in [-0.3, -0.25) is 4.79 Å². The van der Waals surface area contributed by atoms with Crippen molar-refractivity contribution in [2.45, 2.75) is 19.4 Å². The Hall–Kier alpha value is -0.830. The summed E-state index contributed by atoms with van der Waals surface area (Å²) in [6.45, 7) is 6.59. The predicted octanol–water partition coefficient (Wildman–Crippen LogP) is 0.714. The van der Waals surface area contributed by atoms with E-state index in [1.807, 2.05) is 14.0 Å². The Kier molecular flexibility index (Phi) is 5.47. The lowest BCUT2D eigenvalue weighted by Gasteiger charge is -2.13. The molecule has 1 atom stereocenters. The lowest BCUT2D eigenvalue weighted by atomic mass is 10.1. The van der Waals surface area contributed by atoms with E-state index in [1.54, 1.807) is 0 Å². The predicted molar refractivity (Wildman–Crippen MR) is 44.3 cm³/mol. The highest BCUT2D eigenvalue weighted by atomic mass is 16.5. The molecule has 0 unspecified atom stereocenters. The van der Waals surface area contributed by atoms with Crippen molar-refractivity contribution in [1.29, 1.82) is 0 Å². The van der Waals surface area contributed by atoms with Crippen molar-refractivity contribution in [3.63, 3.8) is 0 Å². The van der Waals surface area contributed by atoms with Crippen LogP contribution in [0.4, 0.5) is 0 Å². The van der Waals surface area contributed by atoms with Gasteiger partial charge in [0.05, 0.1) is 0 Å². The highest BCUT2D eigenvalue weighted by Gasteiger charge is 2.05. The molecule has 3 nitrogen and oxygen atoms in total. The Morgan fingerprint density at radius 1 is 1.82 bits per heavy atom. The third kappa shape index (κ3) is 5.61. The molecule has 0 radical (unpaired) electrons. The van der Waals surface area contributed by atoms with E-state index in [1.165, 1.54) is 0 Å². The minimum atomic E-state index is 0.192. The summed E-state index contributed by atoms with van der Waals surface area (Å²) in [4.78, 5) is 9.84. The van der Waals surface area contributed by atoms with Gasteiger partial charge in [0.2, 0.25) is 0 Å². The van der Waals surface area contributed by atoms with Crippen molar-refractivity contribution in [2.24, 2.45) is 0 Å². The summed E-state index contributed by atoms with van der Waals surface area (Å²) < 4.78 is 4.60. The lowest BCUT2D eigenvalue weighted by Crippen LogP contribution is -2.30. The van der Waals surface area contributed by atoms with Crippen molar-refractivity contribution in [2.75, 3.05) is 13.7 Å². The SMILES string of the molecule is C=C(C)C[C@@H](COC=O)NC. The number of likely N-dealkylation sites (N-methyl/N-ethyl adjacent to an activating group) is 1. The molecule has 0 aliphatic carbocycles. The van der Waals surface area contributed by atoms with E-state index in [-0.39, 0.29) is 6.04 Å². The molecule has 3 heteroatoms. The second kappa shape index (κ2) is 5.92. The molecule has 0 saturated carbocycles. The summed E-state index contributed by atoms with van der Waals surface area (Å²) >= 11 is 0. The maximum atomic E-state index is 9.84. The van der Waals surface area contributed by atoms with Crippen LogP contribution in [0.3, 0.4) is 0 Å². The molecular formula is C8H15NO2. The molecule has 1 N–H and O–H groups in total. The number of carbonyl (C=O) groups is 1. The Morgan fingerprint density at radius 2 is 2.45 bits per heavy atom. The average Bonchev–Trinajstić information content (AvgIpc) is 1.97. The number of rotatable bonds is 6. The molecule has 0 saturated heterocycles. The van der Waals surface area contributed by atoms with Crippen LogP contribution in [0.2, 0.25) is 0 Å². The van der Waals surface area contributed by atoms with Gasteiger partial charge in [-0.1, -0.05) is 5.57 Å². The smallest absolute Gasteiger partial charge is 0.293 e. The summed E-state index contributed by atoms with van der Waals surface area (Å²) in [5.74, 6) is 0. The number of hydrogen-bond acceptors (Lipinski definition) is 3. The van der Waals surface area contributed by atoms with Crippen molar-refractivity contribution in [3.05, 3.63) is 12.2 Å². The Morgan fingerprint density at radius 3 is 2.82 bits per heavy atom. The number of hydrogen-bond donors (Lipinski definition) is 1. The standard InChI is InChI=1S/C8H15NO2/c1-7(2)4-8(9-3)5-11-6-10/h6,8-9H,1,4-5H2,2-3H3/t8-/m0/s1. The van der Waals surface area contributed by atoms with Gasteiger partial charge >= 0.3 is 0 Å². The van der Waals surface area contributed by atoms with Gasteiger partial charge in [-0.2, -0.15) is 0 Å². The number of ether oxygens (including phenoxy) is 1. The normalized spacial score (nSPS) is 12.2. The second-order valence-electron chi connectivity index (χ2n) is 2.58. The topological polar surface area (TPSA) is 38.3 Å². The fourth-order valence-electron chi connectivity index (χ4n) is 0.820. The lowest BCUT2D eigenvalue weighted by molar-refractivity contribution is -0.129. The van der Waals surface area contributed by atoms with Crippen molar-refractivity contribution in [3.8, 4) is 0 Å². The Bertz CT molecular complexity index is 134. The average molecular weight is 157 g/mol. The third-order valence-corrected chi connectivity index (χ3v) is 1.37. The Labute approximate surface area is 67.4 Å². The molecule has 64 valence electrons. The largest absolute Gasteiger partial charge is 0.466 e. The van der Waals surface area contributed by atoms with E-state index in [2.05, 4.69) is 16.6 Å². The zero-order chi connectivity index (χ0) is 8.69. The first-order chi connectivity index (χ1) is 5.20. The third-order valence-electron chi connectivity index (χ3n) is 1.37. The summed E-state index contributed by atoms with van der Waals surface area (Å²) in [5, 5.41) is 3.02. The van der Waals surface area contributed by atoms with Gasteiger partial charge in [0.15, 0.2) is 0 Å². The van der Waals surface area contributed by atoms with Gasteiger partial charge in [0.1, 0.15) is 6.61 Å². The number of nitrogens with one attached hydrogen (secondary N) is 1. The molecule has 0 aromatic carbocycles. The summed E-state index contributed by atoms with van der Waals surface area (Å²) in [7, 11) is 1.84. The van der Waals surface area contributed by atoms with Gasteiger partial charge in [-0.05, 0) is 20.4 Å². The summed E-state index contributed by atoms with van der Waals surface area (Å²) in [6, 6.07) is 0.192. The van der Waals surface area contributed by atoms with Crippen LogP contribution in [-0.4, -0.2) is 26.2 Å². The van der Waals surface area contributed by atoms with Crippen LogP contribution >= 0.6 is 0 Å². The van der Waals surface area contributed by atoms with E-state index < -0.39 is 0 Å². The molecule has 0 amide bonds. The molecular weight excluding hydrogens is 142 g/mol. The van der Waals surface area contributed by atoms with Crippen LogP contribution < -0.4 is 5.32 Å². The van der Waals surface area contributed by atoms with Gasteiger partial charge in [-0.25, -0.2) is 0 Å².